The van der Waals surface area contributed by atoms with E-state index in [1.54, 1.807) is 25.2 Å². The van der Waals surface area contributed by atoms with Crippen LogP contribution in [0.4, 0.5) is 0 Å². The normalized spacial score (nSPS) is 15.8. The molecule has 0 atom stereocenters. The Morgan fingerprint density at radius 3 is 2.46 bits per heavy atom. The van der Waals surface area contributed by atoms with Crippen LogP contribution in [0.2, 0.25) is 0 Å². The van der Waals surface area contributed by atoms with Crippen molar-refractivity contribution in [1.29, 1.82) is 0 Å². The molecule has 0 saturated heterocycles. The molecule has 4 heteroatoms. The van der Waals surface area contributed by atoms with Crippen molar-refractivity contribution in [3.63, 3.8) is 0 Å². The van der Waals surface area contributed by atoms with Gasteiger partial charge in [0.25, 0.3) is 0 Å². The van der Waals surface area contributed by atoms with E-state index in [4.69, 9.17) is 0 Å². The van der Waals surface area contributed by atoms with Crippen LogP contribution in [0.5, 0.6) is 0 Å². The van der Waals surface area contributed by atoms with Crippen LogP contribution in [0, 0.1) is 5.92 Å². The van der Waals surface area contributed by atoms with Gasteiger partial charge in [-0.25, -0.2) is 4.79 Å². The average Bonchev–Trinajstić information content (AvgIpc) is 2.82. The second-order valence-electron chi connectivity index (χ2n) is 3.29. The standard InChI is InChI=1S/C9H13NO3/c1-10(2)6-5-8(11)13-9(12)7-3-4-7/h5-7H,3-4H2,1-2H3/b6-5-. The highest BCUT2D eigenvalue weighted by molar-refractivity contribution is 5.93. The number of carbonyl (C=O) groups excluding carboxylic acids is 2. The second kappa shape index (κ2) is 4.07. The lowest BCUT2D eigenvalue weighted by Crippen LogP contribution is -2.12. The molecule has 0 aliphatic heterocycles. The Hall–Kier alpha value is -1.32. The van der Waals surface area contributed by atoms with Gasteiger partial charge in [0, 0.05) is 26.4 Å². The maximum absolute atomic E-state index is 11.0. The highest BCUT2D eigenvalue weighted by atomic mass is 16.6. The maximum Gasteiger partial charge on any atom is 0.339 e. The second-order valence-corrected chi connectivity index (χ2v) is 3.29. The smallest absolute Gasteiger partial charge is 0.339 e. The maximum atomic E-state index is 11.0. The van der Waals surface area contributed by atoms with Gasteiger partial charge in [0.2, 0.25) is 0 Å². The Morgan fingerprint density at radius 1 is 1.38 bits per heavy atom. The third-order valence-corrected chi connectivity index (χ3v) is 1.62. The van der Waals surface area contributed by atoms with E-state index in [0.717, 1.165) is 12.8 Å². The number of carbonyl (C=O) groups is 2. The molecular weight excluding hydrogens is 170 g/mol. The number of rotatable bonds is 3. The van der Waals surface area contributed by atoms with Crippen LogP contribution in [0.25, 0.3) is 0 Å². The van der Waals surface area contributed by atoms with E-state index in [9.17, 15) is 9.59 Å². The molecule has 0 N–H and O–H groups in total. The largest absolute Gasteiger partial charge is 0.390 e. The molecule has 4 nitrogen and oxygen atoms in total. The Morgan fingerprint density at radius 2 is 2.00 bits per heavy atom. The highest BCUT2D eigenvalue weighted by Gasteiger charge is 2.32. The summed E-state index contributed by atoms with van der Waals surface area (Å²) < 4.78 is 4.53. The van der Waals surface area contributed by atoms with E-state index < -0.39 is 11.9 Å². The molecule has 1 fully saturated rings. The van der Waals surface area contributed by atoms with Gasteiger partial charge in [0.15, 0.2) is 0 Å². The van der Waals surface area contributed by atoms with Gasteiger partial charge in [-0.05, 0) is 12.8 Å². The van der Waals surface area contributed by atoms with Crippen molar-refractivity contribution in [3.05, 3.63) is 12.3 Å². The minimum Gasteiger partial charge on any atom is -0.390 e. The lowest BCUT2D eigenvalue weighted by Gasteiger charge is -2.02. The zero-order valence-electron chi connectivity index (χ0n) is 7.82. The first-order chi connectivity index (χ1) is 6.09. The third kappa shape index (κ3) is 3.73. The first-order valence-corrected chi connectivity index (χ1v) is 4.20. The summed E-state index contributed by atoms with van der Waals surface area (Å²) >= 11 is 0. The summed E-state index contributed by atoms with van der Waals surface area (Å²) in [5.74, 6) is -1.02. The molecule has 1 aliphatic rings. The average molecular weight is 183 g/mol. The number of ether oxygens (including phenoxy) is 1. The molecule has 72 valence electrons. The van der Waals surface area contributed by atoms with Crippen molar-refractivity contribution >= 4 is 11.9 Å². The molecule has 1 saturated carbocycles. The number of esters is 2. The van der Waals surface area contributed by atoms with Crippen molar-refractivity contribution in [2.24, 2.45) is 5.92 Å². The molecule has 0 spiro atoms. The summed E-state index contributed by atoms with van der Waals surface area (Å²) in [5, 5.41) is 0. The van der Waals surface area contributed by atoms with Gasteiger partial charge in [-0.1, -0.05) is 0 Å². The van der Waals surface area contributed by atoms with Crippen LogP contribution >= 0.6 is 0 Å². The first-order valence-electron chi connectivity index (χ1n) is 4.20. The van der Waals surface area contributed by atoms with Crippen LogP contribution in [-0.4, -0.2) is 30.9 Å². The van der Waals surface area contributed by atoms with Crippen molar-refractivity contribution in [1.82, 2.24) is 4.90 Å². The molecular formula is C9H13NO3. The van der Waals surface area contributed by atoms with E-state index in [2.05, 4.69) is 4.74 Å². The number of nitrogens with zero attached hydrogens (tertiary/aromatic N) is 1. The summed E-state index contributed by atoms with van der Waals surface area (Å²) in [5.41, 5.74) is 0. The summed E-state index contributed by atoms with van der Waals surface area (Å²) in [6.07, 6.45) is 4.48. The predicted molar refractivity (Wildman–Crippen MR) is 46.7 cm³/mol. The Kier molecular flexibility index (Phi) is 3.06. The van der Waals surface area contributed by atoms with Crippen LogP contribution < -0.4 is 0 Å². The van der Waals surface area contributed by atoms with Crippen molar-refractivity contribution in [2.45, 2.75) is 12.8 Å². The lowest BCUT2D eigenvalue weighted by atomic mass is 10.4. The third-order valence-electron chi connectivity index (χ3n) is 1.62. The van der Waals surface area contributed by atoms with Crippen LogP contribution in [-0.2, 0) is 14.3 Å². The first kappa shape index (κ1) is 9.77. The topological polar surface area (TPSA) is 46.6 Å². The van der Waals surface area contributed by atoms with E-state index in [1.807, 2.05) is 0 Å². The molecule has 1 aliphatic carbocycles. The van der Waals surface area contributed by atoms with Gasteiger partial charge in [0.1, 0.15) is 0 Å². The quantitative estimate of drug-likeness (QED) is 0.364. The fraction of sp³-hybridized carbons (Fsp3) is 0.556. The van der Waals surface area contributed by atoms with E-state index in [1.165, 1.54) is 6.08 Å². The summed E-state index contributed by atoms with van der Waals surface area (Å²) in [4.78, 5) is 23.6. The minimum atomic E-state index is -0.592. The van der Waals surface area contributed by atoms with Crippen LogP contribution in [0.15, 0.2) is 12.3 Å². The molecule has 0 bridgehead atoms. The Balaban J connectivity index is 2.27. The number of hydrogen-bond donors (Lipinski definition) is 0. The summed E-state index contributed by atoms with van der Waals surface area (Å²) in [6.45, 7) is 0. The molecule has 0 aromatic carbocycles. The SMILES string of the molecule is CN(C)/C=C\C(=O)OC(=O)C1CC1. The monoisotopic (exact) mass is 183 g/mol. The molecule has 0 amide bonds. The lowest BCUT2D eigenvalue weighted by molar-refractivity contribution is -0.157. The molecule has 0 heterocycles. The van der Waals surface area contributed by atoms with Gasteiger partial charge < -0.3 is 9.64 Å². The van der Waals surface area contributed by atoms with Gasteiger partial charge >= 0.3 is 11.9 Å². The Labute approximate surface area is 77.2 Å². The summed E-state index contributed by atoms with van der Waals surface area (Å²) in [7, 11) is 3.57. The fourth-order valence-electron chi connectivity index (χ4n) is 0.745. The highest BCUT2D eigenvalue weighted by Crippen LogP contribution is 2.30. The Bertz CT molecular complexity index is 241. The molecule has 0 aromatic rings. The molecule has 0 unspecified atom stereocenters. The van der Waals surface area contributed by atoms with Crippen LogP contribution in [0.3, 0.4) is 0 Å². The molecule has 0 radical (unpaired) electrons. The molecule has 1 rings (SSSR count). The minimum absolute atomic E-state index is 0.0308. The van der Waals surface area contributed by atoms with E-state index >= 15 is 0 Å². The predicted octanol–water partition coefficient (Wildman–Crippen LogP) is 0.541. The van der Waals surface area contributed by atoms with E-state index in [0.29, 0.717) is 0 Å². The fourth-order valence-corrected chi connectivity index (χ4v) is 0.745. The van der Waals surface area contributed by atoms with Crippen molar-refractivity contribution < 1.29 is 14.3 Å². The van der Waals surface area contributed by atoms with Gasteiger partial charge in [-0.3, -0.25) is 4.79 Å². The molecule has 13 heavy (non-hydrogen) atoms. The molecule has 0 aromatic heterocycles. The van der Waals surface area contributed by atoms with E-state index in [-0.39, 0.29) is 5.92 Å². The van der Waals surface area contributed by atoms with Gasteiger partial charge in [-0.2, -0.15) is 0 Å². The zero-order chi connectivity index (χ0) is 9.84. The summed E-state index contributed by atoms with van der Waals surface area (Å²) in [6, 6.07) is 0. The van der Waals surface area contributed by atoms with Crippen LogP contribution in [0.1, 0.15) is 12.8 Å². The van der Waals surface area contributed by atoms with Crippen molar-refractivity contribution in [3.8, 4) is 0 Å². The zero-order valence-corrected chi connectivity index (χ0v) is 7.82. The van der Waals surface area contributed by atoms with Gasteiger partial charge in [-0.15, -0.1) is 0 Å². The van der Waals surface area contributed by atoms with Crippen molar-refractivity contribution in [2.75, 3.05) is 14.1 Å². The van der Waals surface area contributed by atoms with Gasteiger partial charge in [0.05, 0.1) is 5.92 Å². The number of hydrogen-bond acceptors (Lipinski definition) is 4.